The predicted octanol–water partition coefficient (Wildman–Crippen LogP) is 4.04. The maximum atomic E-state index is 11.9. The second-order valence-corrected chi connectivity index (χ2v) is 6.27. The topological polar surface area (TPSA) is 43.3 Å². The van der Waals surface area contributed by atoms with Gasteiger partial charge in [-0.2, -0.15) is 0 Å². The maximum absolute atomic E-state index is 11.9. The lowest BCUT2D eigenvalue weighted by molar-refractivity contribution is -0.688. The van der Waals surface area contributed by atoms with Crippen molar-refractivity contribution >= 4 is 11.0 Å². The molecule has 0 aliphatic carbocycles. The van der Waals surface area contributed by atoms with Gasteiger partial charge in [-0.3, -0.25) is 0 Å². The molecule has 0 amide bonds. The van der Waals surface area contributed by atoms with Crippen LogP contribution >= 0.6 is 0 Å². The monoisotopic (exact) mass is 338 g/mol. The Hall–Kier alpha value is -2.62. The van der Waals surface area contributed by atoms with Crippen LogP contribution in [0.5, 0.6) is 5.75 Å². The number of hydrogen-bond acceptors (Lipinski definition) is 3. The number of ether oxygens (including phenoxy) is 1. The van der Waals surface area contributed by atoms with Crippen molar-refractivity contribution in [1.82, 2.24) is 0 Å². The lowest BCUT2D eigenvalue weighted by Gasteiger charge is -2.11. The van der Waals surface area contributed by atoms with Gasteiger partial charge in [0, 0.05) is 35.2 Å². The normalized spacial score (nSPS) is 11.2. The molecule has 0 saturated carbocycles. The summed E-state index contributed by atoms with van der Waals surface area (Å²) in [4.78, 5) is 11.9. The Kier molecular flexibility index (Phi) is 5.17. The van der Waals surface area contributed by atoms with Crippen LogP contribution in [0.2, 0.25) is 0 Å². The highest BCUT2D eigenvalue weighted by Crippen LogP contribution is 2.23. The Bertz CT molecular complexity index is 909. The molecule has 0 aliphatic heterocycles. The molecule has 2 heterocycles. The molecular formula is C21H24NO3+. The smallest absolute Gasteiger partial charge is 0.336 e. The summed E-state index contributed by atoms with van der Waals surface area (Å²) in [6.07, 6.45) is 6.45. The summed E-state index contributed by atoms with van der Waals surface area (Å²) in [6.45, 7) is 5.06. The third-order valence-electron chi connectivity index (χ3n) is 4.76. The molecule has 0 saturated heterocycles. The summed E-state index contributed by atoms with van der Waals surface area (Å²) in [5.74, 6) is 1.28. The molecule has 25 heavy (non-hydrogen) atoms. The first-order valence-corrected chi connectivity index (χ1v) is 8.74. The molecule has 4 nitrogen and oxygen atoms in total. The van der Waals surface area contributed by atoms with E-state index in [4.69, 9.17) is 9.15 Å². The zero-order chi connectivity index (χ0) is 17.8. The number of hydrogen-bond donors (Lipinski definition) is 0. The number of pyridine rings is 1. The number of benzene rings is 1. The second-order valence-electron chi connectivity index (χ2n) is 6.27. The van der Waals surface area contributed by atoms with E-state index in [1.54, 1.807) is 19.2 Å². The van der Waals surface area contributed by atoms with Gasteiger partial charge in [0.05, 0.1) is 7.11 Å². The molecule has 130 valence electrons. The van der Waals surface area contributed by atoms with Gasteiger partial charge in [0.15, 0.2) is 18.9 Å². The number of nitrogens with zero attached hydrogens (tertiary/aromatic N) is 1. The van der Waals surface area contributed by atoms with Crippen LogP contribution < -0.4 is 14.9 Å². The number of fused-ring (bicyclic) bond motifs is 1. The Labute approximate surface area is 147 Å². The summed E-state index contributed by atoms with van der Waals surface area (Å²) < 4.78 is 12.6. The van der Waals surface area contributed by atoms with Crippen molar-refractivity contribution in [1.29, 1.82) is 0 Å². The van der Waals surface area contributed by atoms with Gasteiger partial charge in [-0.25, -0.2) is 9.36 Å². The SMILES string of the molecule is CCC(CC)c1cc[n+](Cc2cc(=O)oc3cc(OC)ccc23)cc1. The van der Waals surface area contributed by atoms with Crippen LogP contribution in [0.25, 0.3) is 11.0 Å². The van der Waals surface area contributed by atoms with Crippen molar-refractivity contribution in [3.8, 4) is 5.75 Å². The molecule has 0 aliphatic rings. The summed E-state index contributed by atoms with van der Waals surface area (Å²) in [5, 5.41) is 0.928. The van der Waals surface area contributed by atoms with Crippen LogP contribution in [0.15, 0.2) is 58.0 Å². The fraction of sp³-hybridized carbons (Fsp3) is 0.333. The lowest BCUT2D eigenvalue weighted by Crippen LogP contribution is -2.33. The first kappa shape index (κ1) is 17.2. The molecular weight excluding hydrogens is 314 g/mol. The van der Waals surface area contributed by atoms with E-state index in [-0.39, 0.29) is 5.63 Å². The van der Waals surface area contributed by atoms with E-state index >= 15 is 0 Å². The molecule has 0 bridgehead atoms. The molecule has 0 radical (unpaired) electrons. The third-order valence-corrected chi connectivity index (χ3v) is 4.76. The Morgan fingerprint density at radius 2 is 1.80 bits per heavy atom. The van der Waals surface area contributed by atoms with Crippen LogP contribution in [-0.2, 0) is 6.54 Å². The zero-order valence-electron chi connectivity index (χ0n) is 15.0. The number of aromatic nitrogens is 1. The highest BCUT2D eigenvalue weighted by molar-refractivity contribution is 5.81. The summed E-state index contributed by atoms with van der Waals surface area (Å²) in [5.41, 5.74) is 2.51. The van der Waals surface area contributed by atoms with Gasteiger partial charge >= 0.3 is 5.63 Å². The molecule has 0 spiro atoms. The minimum atomic E-state index is -0.343. The highest BCUT2D eigenvalue weighted by atomic mass is 16.5. The van der Waals surface area contributed by atoms with Crippen LogP contribution in [0.3, 0.4) is 0 Å². The average molecular weight is 338 g/mol. The Balaban J connectivity index is 1.93. The van der Waals surface area contributed by atoms with Crippen LogP contribution in [-0.4, -0.2) is 7.11 Å². The number of methoxy groups -OCH3 is 1. The van der Waals surface area contributed by atoms with Crippen molar-refractivity contribution in [3.63, 3.8) is 0 Å². The third kappa shape index (κ3) is 3.73. The van der Waals surface area contributed by atoms with E-state index in [0.29, 0.717) is 23.8 Å². The van der Waals surface area contributed by atoms with Gasteiger partial charge in [-0.15, -0.1) is 0 Å². The van der Waals surface area contributed by atoms with E-state index in [1.807, 2.05) is 12.1 Å². The van der Waals surface area contributed by atoms with Gasteiger partial charge in [-0.05, 0) is 36.5 Å². The first-order chi connectivity index (χ1) is 12.1. The maximum Gasteiger partial charge on any atom is 0.336 e. The average Bonchev–Trinajstić information content (AvgIpc) is 2.63. The van der Waals surface area contributed by atoms with E-state index < -0.39 is 0 Å². The highest BCUT2D eigenvalue weighted by Gasteiger charge is 2.13. The van der Waals surface area contributed by atoms with E-state index in [1.165, 1.54) is 5.56 Å². The molecule has 0 N–H and O–H groups in total. The van der Waals surface area contributed by atoms with Crippen molar-refractivity contribution in [2.45, 2.75) is 39.2 Å². The van der Waals surface area contributed by atoms with Crippen LogP contribution in [0.1, 0.15) is 43.7 Å². The molecule has 2 aromatic heterocycles. The van der Waals surface area contributed by atoms with E-state index in [0.717, 1.165) is 23.8 Å². The Morgan fingerprint density at radius 3 is 2.44 bits per heavy atom. The van der Waals surface area contributed by atoms with Crippen molar-refractivity contribution < 1.29 is 13.7 Å². The van der Waals surface area contributed by atoms with Crippen LogP contribution in [0.4, 0.5) is 0 Å². The lowest BCUT2D eigenvalue weighted by atomic mass is 9.95. The fourth-order valence-electron chi connectivity index (χ4n) is 3.27. The van der Waals surface area contributed by atoms with Gasteiger partial charge in [0.1, 0.15) is 11.3 Å². The second kappa shape index (κ2) is 7.51. The summed E-state index contributed by atoms with van der Waals surface area (Å²) in [6, 6.07) is 11.5. The van der Waals surface area contributed by atoms with Gasteiger partial charge in [-0.1, -0.05) is 13.8 Å². The molecule has 1 aromatic carbocycles. The minimum absolute atomic E-state index is 0.343. The molecule has 3 aromatic rings. The van der Waals surface area contributed by atoms with E-state index in [2.05, 4.69) is 42.9 Å². The predicted molar refractivity (Wildman–Crippen MR) is 98.1 cm³/mol. The minimum Gasteiger partial charge on any atom is -0.497 e. The zero-order valence-corrected chi connectivity index (χ0v) is 15.0. The van der Waals surface area contributed by atoms with Crippen LogP contribution in [0, 0.1) is 0 Å². The quantitative estimate of drug-likeness (QED) is 0.503. The largest absolute Gasteiger partial charge is 0.497 e. The van der Waals surface area contributed by atoms with Gasteiger partial charge < -0.3 is 9.15 Å². The summed E-state index contributed by atoms with van der Waals surface area (Å²) in [7, 11) is 1.60. The summed E-state index contributed by atoms with van der Waals surface area (Å²) >= 11 is 0. The molecule has 3 rings (SSSR count). The first-order valence-electron chi connectivity index (χ1n) is 8.74. The standard InChI is InChI=1S/C21H24NO3/c1-4-15(5-2)16-8-10-22(11-9-16)14-17-12-21(23)25-20-13-18(24-3)6-7-19(17)20/h6-13,15H,4-5,14H2,1-3H3/q+1. The molecule has 4 heteroatoms. The Morgan fingerprint density at radius 1 is 1.08 bits per heavy atom. The van der Waals surface area contributed by atoms with Crippen molar-refractivity contribution in [2.75, 3.05) is 7.11 Å². The van der Waals surface area contributed by atoms with Crippen molar-refractivity contribution in [2.24, 2.45) is 0 Å². The van der Waals surface area contributed by atoms with Gasteiger partial charge in [0.25, 0.3) is 0 Å². The van der Waals surface area contributed by atoms with Crippen molar-refractivity contribution in [3.05, 3.63) is 70.3 Å². The van der Waals surface area contributed by atoms with E-state index in [9.17, 15) is 4.79 Å². The van der Waals surface area contributed by atoms with Gasteiger partial charge in [0.2, 0.25) is 0 Å². The molecule has 0 fully saturated rings. The fourth-order valence-corrected chi connectivity index (χ4v) is 3.27. The molecule has 0 atom stereocenters. The number of rotatable bonds is 6. The molecule has 0 unspecified atom stereocenters.